The van der Waals surface area contributed by atoms with Crippen LogP contribution in [0.2, 0.25) is 0 Å². The highest BCUT2D eigenvalue weighted by atomic mass is 16.5. The maximum atomic E-state index is 12.6. The van der Waals surface area contributed by atoms with Crippen LogP contribution in [0.25, 0.3) is 0 Å². The first-order valence-corrected chi connectivity index (χ1v) is 7.82. The second kappa shape index (κ2) is 8.17. The Morgan fingerprint density at radius 2 is 1.70 bits per heavy atom. The molecule has 1 aliphatic heterocycles. The van der Waals surface area contributed by atoms with Crippen LogP contribution < -0.4 is 14.2 Å². The second-order valence-corrected chi connectivity index (χ2v) is 5.70. The number of carbonyl (C=O) groups is 1. The maximum Gasteiger partial charge on any atom is 0.172 e. The second-order valence-electron chi connectivity index (χ2n) is 5.70. The van der Waals surface area contributed by atoms with Gasteiger partial charge in [-0.15, -0.1) is 0 Å². The SMILES string of the molecule is COc1cc(OC)c(C(=O)CC(O)CN2CCCC2)c(OC)c1. The summed E-state index contributed by atoms with van der Waals surface area (Å²) in [5.74, 6) is 1.13. The van der Waals surface area contributed by atoms with Gasteiger partial charge in [-0.1, -0.05) is 0 Å². The zero-order chi connectivity index (χ0) is 16.8. The fraction of sp³-hybridized carbons (Fsp3) is 0.588. The minimum absolute atomic E-state index is 0.0373. The van der Waals surface area contributed by atoms with Crippen LogP contribution in [0.3, 0.4) is 0 Å². The molecule has 6 nitrogen and oxygen atoms in total. The van der Waals surface area contributed by atoms with Crippen molar-refractivity contribution in [2.24, 2.45) is 0 Å². The zero-order valence-electron chi connectivity index (χ0n) is 14.0. The minimum atomic E-state index is -0.697. The van der Waals surface area contributed by atoms with E-state index in [1.807, 2.05) is 0 Å². The lowest BCUT2D eigenvalue weighted by molar-refractivity contribution is 0.0803. The number of hydrogen-bond donors (Lipinski definition) is 1. The van der Waals surface area contributed by atoms with Crippen LogP contribution in [0.5, 0.6) is 17.2 Å². The molecule has 0 spiro atoms. The van der Waals surface area contributed by atoms with Crippen molar-refractivity contribution in [3.8, 4) is 17.2 Å². The van der Waals surface area contributed by atoms with E-state index in [0.29, 0.717) is 29.4 Å². The summed E-state index contributed by atoms with van der Waals surface area (Å²) in [7, 11) is 4.52. The van der Waals surface area contributed by atoms with Crippen molar-refractivity contribution in [3.63, 3.8) is 0 Å². The number of ketones is 1. The number of methoxy groups -OCH3 is 3. The van der Waals surface area contributed by atoms with E-state index in [1.54, 1.807) is 12.1 Å². The highest BCUT2D eigenvalue weighted by Gasteiger charge is 2.24. The number of carbonyl (C=O) groups excluding carboxylic acids is 1. The van der Waals surface area contributed by atoms with E-state index in [0.717, 1.165) is 25.9 Å². The Morgan fingerprint density at radius 3 is 2.17 bits per heavy atom. The van der Waals surface area contributed by atoms with E-state index < -0.39 is 6.10 Å². The summed E-state index contributed by atoms with van der Waals surface area (Å²) < 4.78 is 15.8. The van der Waals surface area contributed by atoms with Crippen LogP contribution in [-0.2, 0) is 0 Å². The van der Waals surface area contributed by atoms with Gasteiger partial charge in [0.25, 0.3) is 0 Å². The fourth-order valence-corrected chi connectivity index (χ4v) is 2.92. The molecule has 1 unspecified atom stereocenters. The molecule has 0 aliphatic carbocycles. The Labute approximate surface area is 136 Å². The molecular formula is C17H25NO5. The maximum absolute atomic E-state index is 12.6. The summed E-state index contributed by atoms with van der Waals surface area (Å²) in [4.78, 5) is 14.8. The first kappa shape index (κ1) is 17.6. The number of hydrogen-bond acceptors (Lipinski definition) is 6. The van der Waals surface area contributed by atoms with E-state index >= 15 is 0 Å². The number of nitrogens with zero attached hydrogens (tertiary/aromatic N) is 1. The van der Waals surface area contributed by atoms with Crippen LogP contribution >= 0.6 is 0 Å². The summed E-state index contributed by atoms with van der Waals surface area (Å²) in [5.41, 5.74) is 0.344. The third kappa shape index (κ3) is 4.36. The Kier molecular flexibility index (Phi) is 6.24. The molecule has 1 heterocycles. The van der Waals surface area contributed by atoms with E-state index in [9.17, 15) is 9.90 Å². The molecular weight excluding hydrogens is 298 g/mol. The van der Waals surface area contributed by atoms with Gasteiger partial charge in [0.1, 0.15) is 22.8 Å². The predicted octanol–water partition coefficient (Wildman–Crippen LogP) is 1.74. The fourth-order valence-electron chi connectivity index (χ4n) is 2.92. The number of rotatable bonds is 8. The van der Waals surface area contributed by atoms with Gasteiger partial charge >= 0.3 is 0 Å². The lowest BCUT2D eigenvalue weighted by Crippen LogP contribution is -2.31. The molecule has 1 aromatic carbocycles. The van der Waals surface area contributed by atoms with Gasteiger partial charge in [-0.2, -0.15) is 0 Å². The minimum Gasteiger partial charge on any atom is -0.496 e. The Hall–Kier alpha value is -1.79. The van der Waals surface area contributed by atoms with E-state index in [-0.39, 0.29) is 12.2 Å². The summed E-state index contributed by atoms with van der Waals surface area (Å²) in [6.07, 6.45) is 1.65. The first-order chi connectivity index (χ1) is 11.1. The smallest absolute Gasteiger partial charge is 0.172 e. The molecule has 0 aromatic heterocycles. The van der Waals surface area contributed by atoms with Crippen molar-refractivity contribution in [3.05, 3.63) is 17.7 Å². The van der Waals surface area contributed by atoms with Crippen molar-refractivity contribution in [2.75, 3.05) is 41.0 Å². The van der Waals surface area contributed by atoms with Gasteiger partial charge in [-0.25, -0.2) is 0 Å². The van der Waals surface area contributed by atoms with Crippen molar-refractivity contribution in [1.29, 1.82) is 0 Å². The molecule has 6 heteroatoms. The Morgan fingerprint density at radius 1 is 1.13 bits per heavy atom. The molecule has 23 heavy (non-hydrogen) atoms. The summed E-state index contributed by atoms with van der Waals surface area (Å²) >= 11 is 0. The third-order valence-electron chi connectivity index (χ3n) is 4.08. The summed E-state index contributed by atoms with van der Waals surface area (Å²) in [5, 5.41) is 10.2. The molecule has 0 saturated carbocycles. The molecule has 0 amide bonds. The van der Waals surface area contributed by atoms with Crippen LogP contribution in [0.4, 0.5) is 0 Å². The quantitative estimate of drug-likeness (QED) is 0.735. The average molecular weight is 323 g/mol. The molecule has 1 aliphatic rings. The summed E-state index contributed by atoms with van der Waals surface area (Å²) in [6, 6.07) is 3.28. The van der Waals surface area contributed by atoms with E-state index in [2.05, 4.69) is 4.90 Å². The number of β-amino-alcohol motifs (C(OH)–C–C–N with tert-alkyl or cyclic N) is 1. The zero-order valence-corrected chi connectivity index (χ0v) is 14.0. The van der Waals surface area contributed by atoms with Crippen molar-refractivity contribution in [1.82, 2.24) is 4.90 Å². The molecule has 1 saturated heterocycles. The van der Waals surface area contributed by atoms with Gasteiger partial charge in [0.15, 0.2) is 5.78 Å². The average Bonchev–Trinajstić information content (AvgIpc) is 3.05. The van der Waals surface area contributed by atoms with Gasteiger partial charge in [-0.3, -0.25) is 4.79 Å². The third-order valence-corrected chi connectivity index (χ3v) is 4.08. The summed E-state index contributed by atoms with van der Waals surface area (Å²) in [6.45, 7) is 2.49. The van der Waals surface area contributed by atoms with Crippen molar-refractivity contribution >= 4 is 5.78 Å². The normalized spacial score (nSPS) is 16.2. The van der Waals surface area contributed by atoms with Crippen molar-refractivity contribution in [2.45, 2.75) is 25.4 Å². The van der Waals surface area contributed by atoms with Gasteiger partial charge in [0.05, 0.1) is 27.4 Å². The number of ether oxygens (including phenoxy) is 3. The van der Waals surface area contributed by atoms with Crippen LogP contribution in [0.15, 0.2) is 12.1 Å². The van der Waals surface area contributed by atoms with Gasteiger partial charge in [-0.05, 0) is 25.9 Å². The largest absolute Gasteiger partial charge is 0.496 e. The molecule has 1 fully saturated rings. The van der Waals surface area contributed by atoms with Crippen molar-refractivity contribution < 1.29 is 24.1 Å². The van der Waals surface area contributed by atoms with E-state index in [1.165, 1.54) is 21.3 Å². The van der Waals surface area contributed by atoms with Gasteiger partial charge in [0, 0.05) is 25.1 Å². The number of likely N-dealkylation sites (tertiary alicyclic amines) is 1. The topological polar surface area (TPSA) is 68.2 Å². The molecule has 0 bridgehead atoms. The van der Waals surface area contributed by atoms with E-state index in [4.69, 9.17) is 14.2 Å². The lowest BCUT2D eigenvalue weighted by atomic mass is 10.0. The standard InChI is InChI=1S/C17H25NO5/c1-21-13-9-15(22-2)17(16(10-13)23-3)14(20)8-12(19)11-18-6-4-5-7-18/h9-10,12,19H,4-8,11H2,1-3H3. The lowest BCUT2D eigenvalue weighted by Gasteiger charge is -2.20. The molecule has 2 rings (SSSR count). The highest BCUT2D eigenvalue weighted by molar-refractivity contribution is 6.01. The van der Waals surface area contributed by atoms with Gasteiger partial charge < -0.3 is 24.2 Å². The number of benzene rings is 1. The molecule has 1 atom stereocenters. The van der Waals surface area contributed by atoms with Crippen LogP contribution in [0, 0.1) is 0 Å². The monoisotopic (exact) mass is 323 g/mol. The molecule has 128 valence electrons. The number of aliphatic hydroxyl groups is 1. The molecule has 1 N–H and O–H groups in total. The van der Waals surface area contributed by atoms with Crippen LogP contribution in [-0.4, -0.2) is 62.9 Å². The van der Waals surface area contributed by atoms with Crippen LogP contribution in [0.1, 0.15) is 29.6 Å². The Balaban J connectivity index is 2.13. The molecule has 0 radical (unpaired) electrons. The first-order valence-electron chi connectivity index (χ1n) is 7.82. The number of Topliss-reactive ketones (excluding diaryl/α,β-unsaturated/α-hetero) is 1. The highest BCUT2D eigenvalue weighted by Crippen LogP contribution is 2.35. The molecule has 1 aromatic rings. The number of aliphatic hydroxyl groups excluding tert-OH is 1. The Bertz CT molecular complexity index is 515. The predicted molar refractivity (Wildman–Crippen MR) is 86.7 cm³/mol. The van der Waals surface area contributed by atoms with Gasteiger partial charge in [0.2, 0.25) is 0 Å².